The molecule has 2 heteroatoms. The highest BCUT2D eigenvalue weighted by Gasteiger charge is 2.29. The Morgan fingerprint density at radius 1 is 1.27 bits per heavy atom. The van der Waals surface area contributed by atoms with Crippen LogP contribution in [-0.4, -0.2) is 17.3 Å². The zero-order valence-electron chi connectivity index (χ0n) is 10.8. The second kappa shape index (κ2) is 6.16. The molecule has 0 heterocycles. The zero-order chi connectivity index (χ0) is 11.9. The summed E-state index contributed by atoms with van der Waals surface area (Å²) in [6.45, 7) is 10.8. The molecule has 0 rings (SSSR count). The van der Waals surface area contributed by atoms with Gasteiger partial charge in [-0.1, -0.05) is 26.3 Å². The summed E-state index contributed by atoms with van der Waals surface area (Å²) < 4.78 is 5.33. The van der Waals surface area contributed by atoms with Crippen molar-refractivity contribution in [2.75, 3.05) is 6.61 Å². The second-order valence-corrected chi connectivity index (χ2v) is 5.24. The molecule has 0 aromatic heterocycles. The fraction of sp³-hybridized carbons (Fsp3) is 0.846. The lowest BCUT2D eigenvalue weighted by Gasteiger charge is -2.33. The van der Waals surface area contributed by atoms with E-state index in [9.17, 15) is 5.11 Å². The van der Waals surface area contributed by atoms with Gasteiger partial charge in [-0.3, -0.25) is 0 Å². The van der Waals surface area contributed by atoms with E-state index in [2.05, 4.69) is 13.8 Å². The summed E-state index contributed by atoms with van der Waals surface area (Å²) in [6.07, 6.45) is 6.48. The van der Waals surface area contributed by atoms with Gasteiger partial charge in [0.25, 0.3) is 0 Å². The van der Waals surface area contributed by atoms with Gasteiger partial charge in [0.05, 0.1) is 18.5 Å². The summed E-state index contributed by atoms with van der Waals surface area (Å²) in [5, 5.41) is 9.83. The fourth-order valence-corrected chi connectivity index (χ4v) is 1.90. The third kappa shape index (κ3) is 7.43. The highest BCUT2D eigenvalue weighted by molar-refractivity contribution is 4.81. The first kappa shape index (κ1) is 14.5. The van der Waals surface area contributed by atoms with Crippen LogP contribution in [0, 0.1) is 5.41 Å². The molecule has 0 bridgehead atoms. The third-order valence-electron chi connectivity index (χ3n) is 2.77. The maximum absolute atomic E-state index is 9.83. The normalized spacial score (nSPS) is 16.7. The van der Waals surface area contributed by atoms with Crippen LogP contribution in [0.2, 0.25) is 0 Å². The van der Waals surface area contributed by atoms with Crippen molar-refractivity contribution in [1.82, 2.24) is 0 Å². The number of hydrogen-bond acceptors (Lipinski definition) is 2. The van der Waals surface area contributed by atoms with E-state index in [4.69, 9.17) is 4.74 Å². The van der Waals surface area contributed by atoms with Crippen molar-refractivity contribution in [3.63, 3.8) is 0 Å². The molecule has 15 heavy (non-hydrogen) atoms. The van der Waals surface area contributed by atoms with Gasteiger partial charge in [-0.25, -0.2) is 0 Å². The minimum atomic E-state index is -0.592. The first-order valence-electron chi connectivity index (χ1n) is 5.78. The largest absolute Gasteiger partial charge is 0.502 e. The summed E-state index contributed by atoms with van der Waals surface area (Å²) >= 11 is 0. The van der Waals surface area contributed by atoms with Gasteiger partial charge in [0.2, 0.25) is 0 Å². The molecule has 0 saturated carbocycles. The van der Waals surface area contributed by atoms with E-state index in [1.54, 1.807) is 6.26 Å². The lowest BCUT2D eigenvalue weighted by atomic mass is 9.76. The molecule has 1 N–H and O–H groups in total. The molecule has 0 aromatic rings. The van der Waals surface area contributed by atoms with E-state index < -0.39 is 5.60 Å². The van der Waals surface area contributed by atoms with Crippen LogP contribution < -0.4 is 0 Å². The van der Waals surface area contributed by atoms with Crippen LogP contribution in [0.5, 0.6) is 0 Å². The summed E-state index contributed by atoms with van der Waals surface area (Å²) in [5.74, 6) is 0. The lowest BCUT2D eigenvalue weighted by Crippen LogP contribution is -2.30. The average Bonchev–Trinajstić information content (AvgIpc) is 2.10. The standard InChI is InChI=1S/C13H26O2/c1-6-9-15-10-8-13(5,7-2)11-12(3,4)14/h6,9,14H,7-8,10-11H2,1-5H3. The van der Waals surface area contributed by atoms with Gasteiger partial charge in [-0.05, 0) is 39.0 Å². The van der Waals surface area contributed by atoms with E-state index in [1.165, 1.54) is 0 Å². The summed E-state index contributed by atoms with van der Waals surface area (Å²) in [6, 6.07) is 0. The summed E-state index contributed by atoms with van der Waals surface area (Å²) in [7, 11) is 0. The molecule has 0 aliphatic rings. The molecule has 1 atom stereocenters. The average molecular weight is 214 g/mol. The zero-order valence-corrected chi connectivity index (χ0v) is 10.8. The predicted octanol–water partition coefficient (Wildman–Crippen LogP) is 3.50. The van der Waals surface area contributed by atoms with Crippen LogP contribution >= 0.6 is 0 Å². The third-order valence-corrected chi connectivity index (χ3v) is 2.77. The molecule has 0 aliphatic heterocycles. The van der Waals surface area contributed by atoms with Crippen LogP contribution in [0.1, 0.15) is 53.9 Å². The van der Waals surface area contributed by atoms with Gasteiger partial charge < -0.3 is 9.84 Å². The van der Waals surface area contributed by atoms with Crippen molar-refractivity contribution in [2.24, 2.45) is 5.41 Å². The van der Waals surface area contributed by atoms with Crippen LogP contribution in [0.25, 0.3) is 0 Å². The first-order valence-corrected chi connectivity index (χ1v) is 5.78. The van der Waals surface area contributed by atoms with Gasteiger partial charge in [0, 0.05) is 0 Å². The van der Waals surface area contributed by atoms with Crippen molar-refractivity contribution < 1.29 is 9.84 Å². The number of aliphatic hydroxyl groups is 1. The molecule has 0 aromatic carbocycles. The molecule has 0 spiro atoms. The number of rotatable bonds is 7. The van der Waals surface area contributed by atoms with E-state index in [0.717, 1.165) is 25.9 Å². The Bertz CT molecular complexity index is 191. The molecule has 1 unspecified atom stereocenters. The molecule has 90 valence electrons. The van der Waals surface area contributed by atoms with Gasteiger partial charge in [-0.2, -0.15) is 0 Å². The highest BCUT2D eigenvalue weighted by Crippen LogP contribution is 2.34. The Hall–Kier alpha value is -0.500. The Labute approximate surface area is 94.3 Å². The van der Waals surface area contributed by atoms with Crippen LogP contribution in [0.3, 0.4) is 0 Å². The maximum Gasteiger partial charge on any atom is 0.0878 e. The maximum atomic E-state index is 9.83. The molecule has 0 radical (unpaired) electrons. The SMILES string of the molecule is CC=COCCC(C)(CC)CC(C)(C)O. The van der Waals surface area contributed by atoms with Gasteiger partial charge in [0.15, 0.2) is 0 Å². The lowest BCUT2D eigenvalue weighted by molar-refractivity contribution is 0.0153. The van der Waals surface area contributed by atoms with Crippen LogP contribution in [0.4, 0.5) is 0 Å². The van der Waals surface area contributed by atoms with Crippen molar-refractivity contribution in [1.29, 1.82) is 0 Å². The van der Waals surface area contributed by atoms with E-state index >= 15 is 0 Å². The van der Waals surface area contributed by atoms with Crippen LogP contribution in [0.15, 0.2) is 12.3 Å². The molecular weight excluding hydrogens is 188 g/mol. The summed E-state index contributed by atoms with van der Waals surface area (Å²) in [5.41, 5.74) is -0.425. The highest BCUT2D eigenvalue weighted by atomic mass is 16.5. The minimum absolute atomic E-state index is 0.166. The monoisotopic (exact) mass is 214 g/mol. The van der Waals surface area contributed by atoms with Crippen LogP contribution in [-0.2, 0) is 4.74 Å². The molecule has 0 fully saturated rings. The quantitative estimate of drug-likeness (QED) is 0.519. The van der Waals surface area contributed by atoms with Gasteiger partial charge in [-0.15, -0.1) is 0 Å². The van der Waals surface area contributed by atoms with Gasteiger partial charge >= 0.3 is 0 Å². The fourth-order valence-electron chi connectivity index (χ4n) is 1.90. The Balaban J connectivity index is 4.07. The van der Waals surface area contributed by atoms with Crippen molar-refractivity contribution in [3.05, 3.63) is 12.3 Å². The number of hydrogen-bond donors (Lipinski definition) is 1. The predicted molar refractivity (Wildman–Crippen MR) is 64.7 cm³/mol. The van der Waals surface area contributed by atoms with E-state index in [-0.39, 0.29) is 5.41 Å². The Kier molecular flexibility index (Phi) is 5.96. The Morgan fingerprint density at radius 2 is 1.87 bits per heavy atom. The first-order chi connectivity index (χ1) is 6.83. The molecule has 0 amide bonds. The molecule has 2 nitrogen and oxygen atoms in total. The summed E-state index contributed by atoms with van der Waals surface area (Å²) in [4.78, 5) is 0. The van der Waals surface area contributed by atoms with Crippen molar-refractivity contribution in [2.45, 2.75) is 59.5 Å². The smallest absolute Gasteiger partial charge is 0.0878 e. The topological polar surface area (TPSA) is 29.5 Å². The van der Waals surface area contributed by atoms with E-state index in [1.807, 2.05) is 26.8 Å². The van der Waals surface area contributed by atoms with E-state index in [0.29, 0.717) is 0 Å². The Morgan fingerprint density at radius 3 is 2.27 bits per heavy atom. The second-order valence-electron chi connectivity index (χ2n) is 5.24. The van der Waals surface area contributed by atoms with Gasteiger partial charge in [0.1, 0.15) is 0 Å². The number of ether oxygens (including phenoxy) is 1. The minimum Gasteiger partial charge on any atom is -0.502 e. The number of allylic oxidation sites excluding steroid dienone is 1. The molecule has 0 saturated heterocycles. The van der Waals surface area contributed by atoms with Crippen molar-refractivity contribution in [3.8, 4) is 0 Å². The molecular formula is C13H26O2. The molecule has 0 aliphatic carbocycles. The van der Waals surface area contributed by atoms with Crippen molar-refractivity contribution >= 4 is 0 Å².